The van der Waals surface area contributed by atoms with Gasteiger partial charge < -0.3 is 25.7 Å². The van der Waals surface area contributed by atoms with Gasteiger partial charge in [0.25, 0.3) is 5.91 Å². The molecule has 4 saturated carbocycles. The number of nitrogens with one attached hydrogen (secondary N) is 2. The maximum atomic E-state index is 10.7. The van der Waals surface area contributed by atoms with E-state index in [2.05, 4.69) is 27.7 Å². The van der Waals surface area contributed by atoms with Crippen molar-refractivity contribution in [2.75, 3.05) is 51.3 Å². The third kappa shape index (κ3) is 6.22. The summed E-state index contributed by atoms with van der Waals surface area (Å²) in [5, 5.41) is 32.2. The first-order valence-corrected chi connectivity index (χ1v) is 15.3. The molecule has 1 saturated heterocycles. The molecule has 212 valence electrons. The number of fused-ring (bicyclic) bond motifs is 1. The van der Waals surface area contributed by atoms with E-state index in [-0.39, 0.29) is 12.2 Å². The number of allylic oxidation sites excluding steroid dienone is 1. The molecule has 10 heteroatoms. The minimum atomic E-state index is -0.401. The second-order valence-electron chi connectivity index (χ2n) is 10.3. The molecule has 1 aromatic heterocycles. The first-order valence-electron chi connectivity index (χ1n) is 14.0. The molecular weight excluding hydrogens is 501 g/mol. The van der Waals surface area contributed by atoms with Crippen molar-refractivity contribution >= 4 is 38.0 Å². The van der Waals surface area contributed by atoms with Crippen LogP contribution in [0.4, 0.5) is 5.82 Å². The van der Waals surface area contributed by atoms with Crippen LogP contribution in [0.15, 0.2) is 12.7 Å². The highest BCUT2D eigenvalue weighted by molar-refractivity contribution is 7.48. The number of amides is 1. The Morgan fingerprint density at radius 1 is 1.29 bits per heavy atom. The standard InChI is InChI=1S/C18H24N3OP.C6H10N2O2.C2H6O.C2H6/c1-3-10-8-23-9-14-15(10)21(20-17(14)19-2)16-12-4-11-5-18(22,6-12)7-13(11)16;9-5-6(10)8-3-1-7-2-4-8;1-2-3;1-2/h3,9,11-13,16,22-23H,1,4-8H2,2H3,(H,19,20);5,7H,1-4H2;3H,2H2,1H3;1-2H3/t11?,12?,13?,16-,18?;;;/m1.../s1. The second kappa shape index (κ2) is 13.8. The molecule has 4 bridgehead atoms. The van der Waals surface area contributed by atoms with Crippen molar-refractivity contribution in [1.82, 2.24) is 20.0 Å². The van der Waals surface area contributed by atoms with Crippen LogP contribution in [0.25, 0.3) is 11.4 Å². The average molecular weight is 548 g/mol. The minimum Gasteiger partial charge on any atom is -0.397 e. The second-order valence-corrected chi connectivity index (χ2v) is 11.4. The Hall–Kier alpha value is -2.06. The lowest BCUT2D eigenvalue weighted by molar-refractivity contribution is -0.139. The summed E-state index contributed by atoms with van der Waals surface area (Å²) >= 11 is 0. The molecular formula is C28H46N5O4P. The highest BCUT2D eigenvalue weighted by Crippen LogP contribution is 2.63. The number of carbonyl (C=O) groups excluding carboxylic acids is 2. The molecule has 2 aliphatic heterocycles. The normalized spacial score (nSPS) is 30.5. The fraction of sp³-hybridized carbons (Fsp3) is 0.679. The molecule has 0 radical (unpaired) electrons. The first-order chi connectivity index (χ1) is 18.4. The van der Waals surface area contributed by atoms with Crippen LogP contribution in [0.5, 0.6) is 0 Å². The molecule has 1 aromatic rings. The monoisotopic (exact) mass is 547 g/mol. The zero-order valence-electron chi connectivity index (χ0n) is 23.4. The van der Waals surface area contributed by atoms with Gasteiger partial charge in [0.2, 0.25) is 6.29 Å². The summed E-state index contributed by atoms with van der Waals surface area (Å²) in [6.07, 6.45) is 7.69. The lowest BCUT2D eigenvalue weighted by Gasteiger charge is -2.38. The van der Waals surface area contributed by atoms with E-state index in [4.69, 9.17) is 10.2 Å². The lowest BCUT2D eigenvalue weighted by atomic mass is 9.76. The molecule has 4 aliphatic carbocycles. The molecule has 5 fully saturated rings. The molecule has 7 rings (SSSR count). The summed E-state index contributed by atoms with van der Waals surface area (Å²) in [5.74, 6) is 4.83. The number of carbonyl (C=O) groups is 2. The molecule has 9 nitrogen and oxygen atoms in total. The number of nitrogens with zero attached hydrogens (tertiary/aromatic N) is 3. The van der Waals surface area contributed by atoms with Gasteiger partial charge in [-0.3, -0.25) is 14.3 Å². The average Bonchev–Trinajstić information content (AvgIpc) is 3.52. The number of anilines is 1. The Kier molecular flexibility index (Phi) is 11.1. The zero-order chi connectivity index (χ0) is 27.9. The predicted octanol–water partition coefficient (Wildman–Crippen LogP) is 1.06. The highest BCUT2D eigenvalue weighted by atomic mass is 31.1. The lowest BCUT2D eigenvalue weighted by Crippen LogP contribution is -2.46. The summed E-state index contributed by atoms with van der Waals surface area (Å²) in [4.78, 5) is 22.2. The van der Waals surface area contributed by atoms with Gasteiger partial charge in [0, 0.05) is 45.1 Å². The van der Waals surface area contributed by atoms with E-state index in [9.17, 15) is 14.7 Å². The Labute approximate surface area is 228 Å². The van der Waals surface area contributed by atoms with Crippen LogP contribution in [0.2, 0.25) is 0 Å². The van der Waals surface area contributed by atoms with Crippen LogP contribution in [0.1, 0.15) is 52.5 Å². The Morgan fingerprint density at radius 3 is 2.53 bits per heavy atom. The highest BCUT2D eigenvalue weighted by Gasteiger charge is 2.61. The Morgan fingerprint density at radius 2 is 1.95 bits per heavy atom. The molecule has 4 N–H and O–H groups in total. The van der Waals surface area contributed by atoms with Gasteiger partial charge in [0.05, 0.1) is 17.0 Å². The van der Waals surface area contributed by atoms with Crippen LogP contribution in [-0.4, -0.2) is 88.7 Å². The van der Waals surface area contributed by atoms with E-state index in [1.807, 2.05) is 27.0 Å². The van der Waals surface area contributed by atoms with E-state index in [0.29, 0.717) is 43.2 Å². The van der Waals surface area contributed by atoms with Gasteiger partial charge in [-0.2, -0.15) is 5.10 Å². The van der Waals surface area contributed by atoms with Crippen LogP contribution in [0.3, 0.4) is 0 Å². The zero-order valence-corrected chi connectivity index (χ0v) is 24.4. The number of aliphatic hydroxyl groups excluding tert-OH is 1. The van der Waals surface area contributed by atoms with E-state index in [1.54, 1.807) is 11.8 Å². The van der Waals surface area contributed by atoms with Crippen molar-refractivity contribution in [1.29, 1.82) is 0 Å². The molecule has 6 atom stereocenters. The molecule has 1 amide bonds. The minimum absolute atomic E-state index is 0.250. The van der Waals surface area contributed by atoms with Crippen LogP contribution < -0.4 is 21.2 Å². The predicted molar refractivity (Wildman–Crippen MR) is 155 cm³/mol. The molecule has 3 heterocycles. The summed E-state index contributed by atoms with van der Waals surface area (Å²) in [6.45, 7) is 12.9. The van der Waals surface area contributed by atoms with Gasteiger partial charge >= 0.3 is 0 Å². The van der Waals surface area contributed by atoms with E-state index < -0.39 is 5.91 Å². The van der Waals surface area contributed by atoms with E-state index in [0.717, 1.165) is 52.9 Å². The van der Waals surface area contributed by atoms with Gasteiger partial charge in [-0.1, -0.05) is 35.1 Å². The summed E-state index contributed by atoms with van der Waals surface area (Å²) in [5.41, 5.74) is 0.970. The summed E-state index contributed by atoms with van der Waals surface area (Å²) in [7, 11) is 2.77. The molecule has 5 unspecified atom stereocenters. The van der Waals surface area contributed by atoms with Gasteiger partial charge in [-0.15, -0.1) is 0 Å². The van der Waals surface area contributed by atoms with Crippen LogP contribution in [-0.2, 0) is 9.59 Å². The van der Waals surface area contributed by atoms with Crippen molar-refractivity contribution in [3.63, 3.8) is 0 Å². The van der Waals surface area contributed by atoms with Crippen molar-refractivity contribution in [3.8, 4) is 0 Å². The van der Waals surface area contributed by atoms with Gasteiger partial charge in [-0.25, -0.2) is 0 Å². The number of aldehydes is 1. The number of aliphatic hydroxyl groups is 2. The van der Waals surface area contributed by atoms with Crippen molar-refractivity contribution in [3.05, 3.63) is 23.2 Å². The first kappa shape index (κ1) is 30.5. The summed E-state index contributed by atoms with van der Waals surface area (Å²) < 4.78 is 2.32. The number of piperazine rings is 1. The van der Waals surface area contributed by atoms with E-state index >= 15 is 0 Å². The van der Waals surface area contributed by atoms with Crippen molar-refractivity contribution in [2.45, 2.75) is 58.1 Å². The largest absolute Gasteiger partial charge is 0.397 e. The molecule has 6 aliphatic rings. The van der Waals surface area contributed by atoms with E-state index in [1.165, 1.54) is 22.6 Å². The molecule has 38 heavy (non-hydrogen) atoms. The van der Waals surface area contributed by atoms with Crippen LogP contribution in [0, 0.1) is 17.8 Å². The number of aromatic nitrogens is 2. The van der Waals surface area contributed by atoms with Gasteiger partial charge in [0.1, 0.15) is 0 Å². The van der Waals surface area contributed by atoms with Gasteiger partial charge in [0.15, 0.2) is 5.82 Å². The van der Waals surface area contributed by atoms with Gasteiger partial charge in [-0.05, 0) is 67.9 Å². The van der Waals surface area contributed by atoms with Crippen molar-refractivity contribution in [2.24, 2.45) is 17.8 Å². The Balaban J connectivity index is 0.000000224. The smallest absolute Gasteiger partial charge is 0.286 e. The molecule has 0 spiro atoms. The fourth-order valence-electron chi connectivity index (χ4n) is 6.88. The maximum absolute atomic E-state index is 10.7. The third-order valence-corrected chi connectivity index (χ3v) is 9.20. The van der Waals surface area contributed by atoms with Crippen molar-refractivity contribution < 1.29 is 19.8 Å². The topological polar surface area (TPSA) is 120 Å². The third-order valence-electron chi connectivity index (χ3n) is 8.12. The Bertz CT molecular complexity index is 1100. The van der Waals surface area contributed by atoms with Crippen LogP contribution >= 0.6 is 8.58 Å². The number of hydrogen-bond donors (Lipinski definition) is 4. The number of rotatable bonds is 4. The molecule has 0 aromatic carbocycles. The maximum Gasteiger partial charge on any atom is 0.286 e. The fourth-order valence-corrected chi connectivity index (χ4v) is 7.99. The SMILES string of the molecule is C=CC1=c2c(c(NC)nn2[C@@H]2C3CC4CC(O)(C3)CC42)=CPC1.CC.CCO.O=CC(=O)N1CCNCC1. The summed E-state index contributed by atoms with van der Waals surface area (Å²) in [6, 6.07) is 0.461. The quantitative estimate of drug-likeness (QED) is 0.253. The number of hydrogen-bond acceptors (Lipinski definition) is 7.